The maximum atomic E-state index is 11.1. The molecule has 0 atom stereocenters. The second-order valence-corrected chi connectivity index (χ2v) is 2.72. The Bertz CT molecular complexity index is 536. The van der Waals surface area contributed by atoms with Crippen molar-refractivity contribution in [3.63, 3.8) is 0 Å². The molecule has 6 nitrogen and oxygen atoms in total. The lowest BCUT2D eigenvalue weighted by Gasteiger charge is -1.98. The molecule has 0 aliphatic carbocycles. The van der Waals surface area contributed by atoms with E-state index < -0.39 is 11.4 Å². The molecule has 0 amide bonds. The van der Waals surface area contributed by atoms with E-state index in [1.165, 1.54) is 12.1 Å². The predicted octanol–water partition coefficient (Wildman–Crippen LogP) is -0.441. The van der Waals surface area contributed by atoms with Crippen molar-refractivity contribution in [1.29, 1.82) is 0 Å². The molecule has 1 aromatic carbocycles. The van der Waals surface area contributed by atoms with Crippen LogP contribution < -0.4 is 11.4 Å². The molecule has 0 saturated heterocycles. The second kappa shape index (κ2) is 2.91. The average Bonchev–Trinajstić information content (AvgIpc) is 2.46. The normalized spacial score (nSPS) is 10.3. The number of hydrogen-bond acceptors (Lipinski definition) is 3. The van der Waals surface area contributed by atoms with Crippen molar-refractivity contribution in [2.24, 2.45) is 0 Å². The molecule has 1 heterocycles. The summed E-state index contributed by atoms with van der Waals surface area (Å²) in [6.45, 7) is 0. The molecule has 14 heavy (non-hydrogen) atoms. The van der Waals surface area contributed by atoms with Crippen molar-refractivity contribution in [2.45, 2.75) is 0 Å². The average molecular weight is 193 g/mol. The van der Waals surface area contributed by atoms with Crippen LogP contribution in [0.2, 0.25) is 0 Å². The summed E-state index contributed by atoms with van der Waals surface area (Å²) in [5.74, 6) is -0.00463. The molecule has 0 aliphatic rings. The van der Waals surface area contributed by atoms with Crippen molar-refractivity contribution >= 4 is 0 Å². The van der Waals surface area contributed by atoms with E-state index in [-0.39, 0.29) is 5.75 Å². The summed E-state index contributed by atoms with van der Waals surface area (Å²) in [5, 5.41) is 13.4. The number of rotatable bonds is 1. The van der Waals surface area contributed by atoms with Crippen LogP contribution >= 0.6 is 0 Å². The quantitative estimate of drug-likeness (QED) is 0.573. The van der Waals surface area contributed by atoms with Gasteiger partial charge in [0.1, 0.15) is 5.75 Å². The molecule has 1 aromatic heterocycles. The number of aromatic nitrogens is 3. The van der Waals surface area contributed by atoms with Gasteiger partial charge >= 0.3 is 11.4 Å². The lowest BCUT2D eigenvalue weighted by atomic mass is 10.3. The summed E-state index contributed by atoms with van der Waals surface area (Å²) in [5.41, 5.74) is -0.821. The molecule has 0 saturated carbocycles. The Hall–Kier alpha value is -2.24. The summed E-state index contributed by atoms with van der Waals surface area (Å²) >= 11 is 0. The van der Waals surface area contributed by atoms with Gasteiger partial charge in [0, 0.05) is 6.07 Å². The molecular weight excluding hydrogens is 186 g/mol. The van der Waals surface area contributed by atoms with E-state index in [2.05, 4.69) is 10.2 Å². The molecule has 0 radical (unpaired) electrons. The van der Waals surface area contributed by atoms with E-state index in [9.17, 15) is 9.59 Å². The maximum absolute atomic E-state index is 11.1. The first kappa shape index (κ1) is 8.36. The van der Waals surface area contributed by atoms with Crippen LogP contribution in [0.25, 0.3) is 5.69 Å². The van der Waals surface area contributed by atoms with Gasteiger partial charge in [-0.3, -0.25) is 0 Å². The van der Waals surface area contributed by atoms with Crippen molar-refractivity contribution in [1.82, 2.24) is 14.8 Å². The molecule has 72 valence electrons. The van der Waals surface area contributed by atoms with Crippen LogP contribution in [0.1, 0.15) is 0 Å². The van der Waals surface area contributed by atoms with E-state index in [0.717, 1.165) is 4.57 Å². The third kappa shape index (κ3) is 1.22. The Balaban J connectivity index is 2.72. The second-order valence-electron chi connectivity index (χ2n) is 2.72. The van der Waals surface area contributed by atoms with Gasteiger partial charge in [-0.15, -0.1) is 0 Å². The molecule has 0 unspecified atom stereocenters. The van der Waals surface area contributed by atoms with Crippen LogP contribution in [0.5, 0.6) is 5.75 Å². The number of aromatic hydroxyl groups is 1. The highest BCUT2D eigenvalue weighted by Crippen LogP contribution is 2.11. The molecule has 0 bridgehead atoms. The van der Waals surface area contributed by atoms with Gasteiger partial charge in [0.25, 0.3) is 0 Å². The molecular formula is C8H7N3O3. The number of phenols is 1. The van der Waals surface area contributed by atoms with Gasteiger partial charge in [-0.1, -0.05) is 6.07 Å². The lowest BCUT2D eigenvalue weighted by molar-refractivity contribution is 0.475. The van der Waals surface area contributed by atoms with Gasteiger partial charge in [-0.2, -0.15) is 0 Å². The summed E-state index contributed by atoms with van der Waals surface area (Å²) in [6, 6.07) is 5.87. The summed E-state index contributed by atoms with van der Waals surface area (Å²) in [4.78, 5) is 22.3. The Morgan fingerprint density at radius 3 is 2.36 bits per heavy atom. The van der Waals surface area contributed by atoms with Crippen molar-refractivity contribution in [2.75, 3.05) is 0 Å². The van der Waals surface area contributed by atoms with Crippen LogP contribution in [0.15, 0.2) is 33.9 Å². The van der Waals surface area contributed by atoms with Gasteiger partial charge in [0.2, 0.25) is 0 Å². The highest BCUT2D eigenvalue weighted by Gasteiger charge is 2.05. The zero-order chi connectivity index (χ0) is 10.1. The third-order valence-electron chi connectivity index (χ3n) is 1.77. The lowest BCUT2D eigenvalue weighted by Crippen LogP contribution is -2.24. The minimum Gasteiger partial charge on any atom is -0.508 e. The minimum atomic E-state index is -0.569. The Morgan fingerprint density at radius 1 is 1.14 bits per heavy atom. The number of benzene rings is 1. The monoisotopic (exact) mass is 193 g/mol. The fourth-order valence-electron chi connectivity index (χ4n) is 1.18. The van der Waals surface area contributed by atoms with Gasteiger partial charge in [0.15, 0.2) is 0 Å². The highest BCUT2D eigenvalue weighted by atomic mass is 16.3. The first-order valence-electron chi connectivity index (χ1n) is 3.87. The van der Waals surface area contributed by atoms with Gasteiger partial charge in [-0.05, 0) is 12.1 Å². The SMILES string of the molecule is O=c1[nH][nH]c(=O)n1-c1cccc(O)c1. The minimum absolute atomic E-state index is 0.00463. The van der Waals surface area contributed by atoms with E-state index in [1.807, 2.05) is 0 Å². The number of nitrogens with zero attached hydrogens (tertiary/aromatic N) is 1. The van der Waals surface area contributed by atoms with E-state index in [1.54, 1.807) is 12.1 Å². The van der Waals surface area contributed by atoms with E-state index in [4.69, 9.17) is 5.11 Å². The highest BCUT2D eigenvalue weighted by molar-refractivity contribution is 5.37. The summed E-state index contributed by atoms with van der Waals surface area (Å²) in [6.07, 6.45) is 0. The van der Waals surface area contributed by atoms with Crippen LogP contribution in [0.3, 0.4) is 0 Å². The number of aromatic amines is 2. The molecule has 6 heteroatoms. The zero-order valence-corrected chi connectivity index (χ0v) is 7.02. The van der Waals surface area contributed by atoms with Gasteiger partial charge in [0.05, 0.1) is 5.69 Å². The third-order valence-corrected chi connectivity index (χ3v) is 1.77. The van der Waals surface area contributed by atoms with Crippen LogP contribution in [-0.2, 0) is 0 Å². The molecule has 0 aliphatic heterocycles. The number of hydrogen-bond donors (Lipinski definition) is 3. The van der Waals surface area contributed by atoms with Crippen molar-refractivity contribution < 1.29 is 5.11 Å². The van der Waals surface area contributed by atoms with Crippen LogP contribution in [-0.4, -0.2) is 19.9 Å². The Labute approximate surface area is 77.4 Å². The fourth-order valence-corrected chi connectivity index (χ4v) is 1.18. The number of nitrogens with one attached hydrogen (secondary N) is 2. The van der Waals surface area contributed by atoms with Gasteiger partial charge in [-0.25, -0.2) is 24.4 Å². The van der Waals surface area contributed by atoms with Gasteiger partial charge < -0.3 is 5.11 Å². The zero-order valence-electron chi connectivity index (χ0n) is 7.02. The first-order valence-corrected chi connectivity index (χ1v) is 3.87. The molecule has 2 aromatic rings. The van der Waals surface area contributed by atoms with E-state index >= 15 is 0 Å². The Morgan fingerprint density at radius 2 is 1.79 bits per heavy atom. The van der Waals surface area contributed by atoms with E-state index in [0.29, 0.717) is 5.69 Å². The standard InChI is InChI=1S/C8H7N3O3/c12-6-3-1-2-5(4-6)11-7(13)9-10-8(11)14/h1-4,12H,(H,9,13)(H,10,14). The van der Waals surface area contributed by atoms with Crippen molar-refractivity contribution in [3.05, 3.63) is 45.2 Å². The fraction of sp³-hybridized carbons (Fsp3) is 0. The summed E-state index contributed by atoms with van der Waals surface area (Å²) in [7, 11) is 0. The summed E-state index contributed by atoms with van der Waals surface area (Å²) < 4.78 is 0.889. The number of H-pyrrole nitrogens is 2. The molecule has 2 rings (SSSR count). The molecule has 0 spiro atoms. The van der Waals surface area contributed by atoms with Crippen molar-refractivity contribution in [3.8, 4) is 11.4 Å². The molecule has 0 fully saturated rings. The number of phenolic OH excluding ortho intramolecular Hbond substituents is 1. The smallest absolute Gasteiger partial charge is 0.348 e. The van der Waals surface area contributed by atoms with Crippen LogP contribution in [0, 0.1) is 0 Å². The maximum Gasteiger partial charge on any atom is 0.348 e. The first-order chi connectivity index (χ1) is 6.68. The largest absolute Gasteiger partial charge is 0.508 e. The topological polar surface area (TPSA) is 90.9 Å². The Kier molecular flexibility index (Phi) is 1.74. The predicted molar refractivity (Wildman–Crippen MR) is 48.7 cm³/mol. The molecule has 3 N–H and O–H groups in total. The van der Waals surface area contributed by atoms with Crippen LogP contribution in [0.4, 0.5) is 0 Å².